The number of nitrogens with two attached hydrogens (primary N) is 1. The molecule has 3 heteroatoms. The Morgan fingerprint density at radius 3 is 2.48 bits per heavy atom. The summed E-state index contributed by atoms with van der Waals surface area (Å²) in [5.74, 6) is 0.0257. The molecule has 3 nitrogen and oxygen atoms in total. The number of anilines is 2. The molecular weight excluding hydrogens is 260 g/mol. The minimum absolute atomic E-state index is 0.0257. The van der Waals surface area contributed by atoms with Crippen LogP contribution < -0.4 is 10.6 Å². The molecule has 2 aromatic rings. The third kappa shape index (κ3) is 3.43. The van der Waals surface area contributed by atoms with Crippen molar-refractivity contribution < 1.29 is 4.79 Å². The van der Waals surface area contributed by atoms with Crippen LogP contribution in [0, 0.1) is 6.92 Å². The lowest BCUT2D eigenvalue weighted by atomic mass is 10.1. The third-order valence-corrected chi connectivity index (χ3v) is 3.64. The van der Waals surface area contributed by atoms with Gasteiger partial charge in [0.25, 0.3) is 5.91 Å². The van der Waals surface area contributed by atoms with E-state index in [2.05, 4.69) is 6.92 Å². The second-order valence-electron chi connectivity index (χ2n) is 5.17. The van der Waals surface area contributed by atoms with Crippen LogP contribution in [-0.4, -0.2) is 12.5 Å². The highest BCUT2D eigenvalue weighted by Crippen LogP contribution is 2.26. The molecular formula is C18H22N2O. The van der Waals surface area contributed by atoms with Crippen LogP contribution in [0.5, 0.6) is 0 Å². The zero-order chi connectivity index (χ0) is 15.2. The fourth-order valence-electron chi connectivity index (χ4n) is 2.32. The van der Waals surface area contributed by atoms with Gasteiger partial charge in [-0.25, -0.2) is 0 Å². The maximum absolute atomic E-state index is 12.8. The Bertz CT molecular complexity index is 608. The molecule has 0 saturated carbocycles. The van der Waals surface area contributed by atoms with Crippen LogP contribution in [0.25, 0.3) is 0 Å². The fraction of sp³-hybridized carbons (Fsp3) is 0.278. The van der Waals surface area contributed by atoms with Crippen LogP contribution in [0.2, 0.25) is 0 Å². The Labute approximate surface area is 126 Å². The van der Waals surface area contributed by atoms with Crippen molar-refractivity contribution in [1.82, 2.24) is 0 Å². The number of hydrogen-bond acceptors (Lipinski definition) is 2. The third-order valence-electron chi connectivity index (χ3n) is 3.64. The van der Waals surface area contributed by atoms with Crippen LogP contribution in [0.15, 0.2) is 48.5 Å². The molecule has 0 aromatic heterocycles. The molecule has 0 radical (unpaired) electrons. The van der Waals surface area contributed by atoms with Crippen LogP contribution in [-0.2, 0) is 0 Å². The van der Waals surface area contributed by atoms with Crippen molar-refractivity contribution >= 4 is 17.3 Å². The molecule has 2 aromatic carbocycles. The summed E-state index contributed by atoms with van der Waals surface area (Å²) in [5, 5.41) is 0. The monoisotopic (exact) mass is 282 g/mol. The van der Waals surface area contributed by atoms with Crippen LogP contribution in [0.4, 0.5) is 11.4 Å². The second-order valence-corrected chi connectivity index (χ2v) is 5.17. The van der Waals surface area contributed by atoms with E-state index in [4.69, 9.17) is 5.73 Å². The molecule has 0 spiro atoms. The summed E-state index contributed by atoms with van der Waals surface area (Å²) in [6.45, 7) is 4.79. The van der Waals surface area contributed by atoms with Crippen LogP contribution >= 0.6 is 0 Å². The molecule has 0 unspecified atom stereocenters. The lowest BCUT2D eigenvalue weighted by molar-refractivity contribution is 0.0986. The van der Waals surface area contributed by atoms with Crippen molar-refractivity contribution in [3.05, 3.63) is 59.7 Å². The van der Waals surface area contributed by atoms with Crippen molar-refractivity contribution in [2.24, 2.45) is 0 Å². The quantitative estimate of drug-likeness (QED) is 0.842. The highest BCUT2D eigenvalue weighted by Gasteiger charge is 2.19. The molecule has 0 heterocycles. The smallest absolute Gasteiger partial charge is 0.258 e. The minimum Gasteiger partial charge on any atom is -0.398 e. The average Bonchev–Trinajstić information content (AvgIpc) is 2.52. The van der Waals surface area contributed by atoms with E-state index in [1.165, 1.54) is 0 Å². The number of nitrogens with zero attached hydrogens (tertiary/aromatic N) is 1. The topological polar surface area (TPSA) is 46.3 Å². The predicted octanol–water partition coefficient (Wildman–Crippen LogP) is 4.02. The van der Waals surface area contributed by atoms with Crippen molar-refractivity contribution in [1.29, 1.82) is 0 Å². The number of unbranched alkanes of at least 4 members (excludes halogenated alkanes) is 1. The van der Waals surface area contributed by atoms with Gasteiger partial charge >= 0.3 is 0 Å². The van der Waals surface area contributed by atoms with Gasteiger partial charge in [0.1, 0.15) is 0 Å². The summed E-state index contributed by atoms with van der Waals surface area (Å²) in [6.07, 6.45) is 2.01. The normalized spacial score (nSPS) is 10.4. The molecule has 0 atom stereocenters. The molecule has 0 fully saturated rings. The number of rotatable bonds is 5. The standard InChI is InChI=1S/C18H22N2O/c1-3-4-13-20(17-12-8-11-16(19)14(17)2)18(21)15-9-6-5-7-10-15/h5-12H,3-4,13,19H2,1-2H3. The van der Waals surface area contributed by atoms with Gasteiger partial charge in [-0.15, -0.1) is 0 Å². The predicted molar refractivity (Wildman–Crippen MR) is 88.6 cm³/mol. The van der Waals surface area contributed by atoms with E-state index in [1.54, 1.807) is 0 Å². The highest BCUT2D eigenvalue weighted by molar-refractivity contribution is 6.06. The van der Waals surface area contributed by atoms with Gasteiger partial charge in [0, 0.05) is 23.5 Å². The van der Waals surface area contributed by atoms with Crippen molar-refractivity contribution in [2.75, 3.05) is 17.2 Å². The molecule has 0 saturated heterocycles. The van der Waals surface area contributed by atoms with Gasteiger partial charge in [0.15, 0.2) is 0 Å². The van der Waals surface area contributed by atoms with Gasteiger partial charge < -0.3 is 10.6 Å². The molecule has 2 N–H and O–H groups in total. The van der Waals surface area contributed by atoms with E-state index in [9.17, 15) is 4.79 Å². The number of carbonyl (C=O) groups excluding carboxylic acids is 1. The van der Waals surface area contributed by atoms with Crippen molar-refractivity contribution in [3.63, 3.8) is 0 Å². The molecule has 2 rings (SSSR count). The molecule has 0 bridgehead atoms. The van der Waals surface area contributed by atoms with E-state index in [1.807, 2.05) is 60.4 Å². The van der Waals surface area contributed by atoms with Gasteiger partial charge in [0.2, 0.25) is 0 Å². The molecule has 110 valence electrons. The molecule has 0 aliphatic carbocycles. The zero-order valence-corrected chi connectivity index (χ0v) is 12.7. The lowest BCUT2D eigenvalue weighted by Crippen LogP contribution is -2.32. The summed E-state index contributed by atoms with van der Waals surface area (Å²) in [6, 6.07) is 15.1. The zero-order valence-electron chi connectivity index (χ0n) is 12.7. The van der Waals surface area contributed by atoms with Gasteiger partial charge in [-0.2, -0.15) is 0 Å². The number of hydrogen-bond donors (Lipinski definition) is 1. The summed E-state index contributed by atoms with van der Waals surface area (Å²) in [5.41, 5.74) is 9.27. The summed E-state index contributed by atoms with van der Waals surface area (Å²) < 4.78 is 0. The first-order chi connectivity index (χ1) is 10.1. The summed E-state index contributed by atoms with van der Waals surface area (Å²) in [7, 11) is 0. The van der Waals surface area contributed by atoms with Crippen molar-refractivity contribution in [2.45, 2.75) is 26.7 Å². The van der Waals surface area contributed by atoms with E-state index in [0.29, 0.717) is 12.1 Å². The number of nitrogen functional groups attached to an aromatic ring is 1. The number of amides is 1. The van der Waals surface area contributed by atoms with E-state index in [0.717, 1.165) is 29.8 Å². The van der Waals surface area contributed by atoms with Gasteiger partial charge in [0.05, 0.1) is 0 Å². The van der Waals surface area contributed by atoms with E-state index in [-0.39, 0.29) is 5.91 Å². The summed E-state index contributed by atoms with van der Waals surface area (Å²) in [4.78, 5) is 14.6. The van der Waals surface area contributed by atoms with E-state index < -0.39 is 0 Å². The highest BCUT2D eigenvalue weighted by atomic mass is 16.2. The van der Waals surface area contributed by atoms with Gasteiger partial charge in [-0.1, -0.05) is 37.6 Å². The maximum atomic E-state index is 12.8. The average molecular weight is 282 g/mol. The van der Waals surface area contributed by atoms with E-state index >= 15 is 0 Å². The molecule has 0 aliphatic rings. The first-order valence-corrected chi connectivity index (χ1v) is 7.37. The van der Waals surface area contributed by atoms with Crippen LogP contribution in [0.3, 0.4) is 0 Å². The van der Waals surface area contributed by atoms with Crippen molar-refractivity contribution in [3.8, 4) is 0 Å². The largest absolute Gasteiger partial charge is 0.398 e. The maximum Gasteiger partial charge on any atom is 0.258 e. The SMILES string of the molecule is CCCCN(C(=O)c1ccccc1)c1cccc(N)c1C. The first-order valence-electron chi connectivity index (χ1n) is 7.37. The Kier molecular flexibility index (Phi) is 4.99. The Balaban J connectivity index is 2.39. The first kappa shape index (κ1) is 15.1. The molecule has 21 heavy (non-hydrogen) atoms. The van der Waals surface area contributed by atoms with Gasteiger partial charge in [-0.3, -0.25) is 4.79 Å². The van der Waals surface area contributed by atoms with Gasteiger partial charge in [-0.05, 0) is 43.2 Å². The number of carbonyl (C=O) groups is 1. The summed E-state index contributed by atoms with van der Waals surface area (Å²) >= 11 is 0. The van der Waals surface area contributed by atoms with Crippen LogP contribution in [0.1, 0.15) is 35.7 Å². The Morgan fingerprint density at radius 2 is 1.81 bits per heavy atom. The number of benzene rings is 2. The molecule has 0 aliphatic heterocycles. The lowest BCUT2D eigenvalue weighted by Gasteiger charge is -2.25. The Hall–Kier alpha value is -2.29. The Morgan fingerprint density at radius 1 is 1.10 bits per heavy atom. The second kappa shape index (κ2) is 6.93. The minimum atomic E-state index is 0.0257. The fourth-order valence-corrected chi connectivity index (χ4v) is 2.32. The molecule has 1 amide bonds.